The summed E-state index contributed by atoms with van der Waals surface area (Å²) in [6.07, 6.45) is 7.93. The summed E-state index contributed by atoms with van der Waals surface area (Å²) in [5.41, 5.74) is 3.85. The van der Waals surface area contributed by atoms with Gasteiger partial charge in [-0.15, -0.1) is 0 Å². The molecule has 0 aromatic rings. The van der Waals surface area contributed by atoms with E-state index in [9.17, 15) is 0 Å². The molecule has 0 atom stereocenters. The standard InChI is InChI=1S/C12H27N3/c1-4-5-9-14-10-12(15-13)8-6-7-11(2)3/h10-11,14-15H,4-9,13H2,1-3H3/b12-10-. The number of allylic oxidation sites excluding steroid dienone is 1. The molecule has 0 fully saturated rings. The summed E-state index contributed by atoms with van der Waals surface area (Å²) < 4.78 is 0. The molecule has 0 bridgehead atoms. The second kappa shape index (κ2) is 9.84. The maximum atomic E-state index is 5.45. The van der Waals surface area contributed by atoms with E-state index in [2.05, 4.69) is 31.5 Å². The molecule has 0 aromatic heterocycles. The highest BCUT2D eigenvalue weighted by Gasteiger charge is 1.97. The van der Waals surface area contributed by atoms with E-state index in [1.807, 2.05) is 6.20 Å². The average Bonchev–Trinajstić information content (AvgIpc) is 2.21. The van der Waals surface area contributed by atoms with Crippen molar-refractivity contribution in [1.29, 1.82) is 0 Å². The van der Waals surface area contributed by atoms with Gasteiger partial charge in [0.25, 0.3) is 0 Å². The molecule has 0 aliphatic heterocycles. The Morgan fingerprint density at radius 1 is 1.33 bits per heavy atom. The quantitative estimate of drug-likeness (QED) is 0.313. The first-order valence-corrected chi connectivity index (χ1v) is 6.09. The van der Waals surface area contributed by atoms with E-state index >= 15 is 0 Å². The number of unbranched alkanes of at least 4 members (excludes halogenated alkanes) is 1. The summed E-state index contributed by atoms with van der Waals surface area (Å²) in [7, 11) is 0. The maximum Gasteiger partial charge on any atom is 0.0415 e. The number of hydrogen-bond acceptors (Lipinski definition) is 3. The lowest BCUT2D eigenvalue weighted by Crippen LogP contribution is -2.23. The monoisotopic (exact) mass is 213 g/mol. The Labute approximate surface area is 94.5 Å². The van der Waals surface area contributed by atoms with Crippen LogP contribution in [0.4, 0.5) is 0 Å². The van der Waals surface area contributed by atoms with Gasteiger partial charge < -0.3 is 10.7 Å². The van der Waals surface area contributed by atoms with Gasteiger partial charge in [0.15, 0.2) is 0 Å². The molecule has 3 heteroatoms. The first kappa shape index (κ1) is 14.3. The molecule has 0 aliphatic carbocycles. The van der Waals surface area contributed by atoms with Gasteiger partial charge in [-0.1, -0.05) is 33.6 Å². The molecule has 0 aromatic carbocycles. The van der Waals surface area contributed by atoms with Gasteiger partial charge in [-0.2, -0.15) is 0 Å². The minimum atomic E-state index is 0.775. The van der Waals surface area contributed by atoms with Crippen LogP contribution in [0.3, 0.4) is 0 Å². The normalized spacial score (nSPS) is 11.9. The van der Waals surface area contributed by atoms with Crippen LogP contribution in [0.2, 0.25) is 0 Å². The number of nitrogens with one attached hydrogen (secondary N) is 2. The lowest BCUT2D eigenvalue weighted by Gasteiger charge is -2.09. The Balaban J connectivity index is 3.60. The van der Waals surface area contributed by atoms with Crippen LogP contribution < -0.4 is 16.6 Å². The molecule has 90 valence electrons. The summed E-state index contributed by atoms with van der Waals surface area (Å²) in [4.78, 5) is 0. The van der Waals surface area contributed by atoms with Crippen molar-refractivity contribution >= 4 is 0 Å². The van der Waals surface area contributed by atoms with Gasteiger partial charge >= 0.3 is 0 Å². The van der Waals surface area contributed by atoms with Crippen molar-refractivity contribution in [2.75, 3.05) is 6.54 Å². The fourth-order valence-electron chi connectivity index (χ4n) is 1.36. The van der Waals surface area contributed by atoms with Crippen molar-refractivity contribution in [1.82, 2.24) is 10.7 Å². The molecule has 0 unspecified atom stereocenters. The number of hydrogen-bond donors (Lipinski definition) is 3. The van der Waals surface area contributed by atoms with E-state index in [0.717, 1.165) is 24.6 Å². The smallest absolute Gasteiger partial charge is 0.0415 e. The van der Waals surface area contributed by atoms with Gasteiger partial charge in [-0.05, 0) is 25.2 Å². The summed E-state index contributed by atoms with van der Waals surface area (Å²) >= 11 is 0. The molecule has 0 rings (SSSR count). The maximum absolute atomic E-state index is 5.45. The first-order chi connectivity index (χ1) is 7.20. The van der Waals surface area contributed by atoms with Crippen molar-refractivity contribution in [3.63, 3.8) is 0 Å². The zero-order chi connectivity index (χ0) is 11.5. The molecule has 0 radical (unpaired) electrons. The molecule has 0 saturated heterocycles. The van der Waals surface area contributed by atoms with E-state index < -0.39 is 0 Å². The molecule has 15 heavy (non-hydrogen) atoms. The fourth-order valence-corrected chi connectivity index (χ4v) is 1.36. The Kier molecular flexibility index (Phi) is 9.38. The highest BCUT2D eigenvalue weighted by molar-refractivity contribution is 4.96. The second-order valence-electron chi connectivity index (χ2n) is 4.41. The lowest BCUT2D eigenvalue weighted by atomic mass is 10.1. The van der Waals surface area contributed by atoms with Crippen LogP contribution in [0.5, 0.6) is 0 Å². The minimum Gasteiger partial charge on any atom is -0.389 e. The number of hydrazine groups is 1. The van der Waals surface area contributed by atoms with Gasteiger partial charge in [0.1, 0.15) is 0 Å². The lowest BCUT2D eigenvalue weighted by molar-refractivity contribution is 0.545. The fraction of sp³-hybridized carbons (Fsp3) is 0.833. The van der Waals surface area contributed by atoms with Crippen LogP contribution >= 0.6 is 0 Å². The summed E-state index contributed by atoms with van der Waals surface area (Å²) in [6, 6.07) is 0. The predicted molar refractivity (Wildman–Crippen MR) is 67.0 cm³/mol. The largest absolute Gasteiger partial charge is 0.389 e. The summed E-state index contributed by atoms with van der Waals surface area (Å²) in [5.74, 6) is 6.22. The van der Waals surface area contributed by atoms with Gasteiger partial charge in [0.05, 0.1) is 0 Å². The van der Waals surface area contributed by atoms with Crippen molar-refractivity contribution in [2.24, 2.45) is 11.8 Å². The van der Waals surface area contributed by atoms with Crippen LogP contribution in [0.25, 0.3) is 0 Å². The number of rotatable bonds is 9. The molecule has 0 saturated carbocycles. The van der Waals surface area contributed by atoms with Crippen LogP contribution in [0.1, 0.15) is 52.9 Å². The summed E-state index contributed by atoms with van der Waals surface area (Å²) in [6.45, 7) is 7.72. The topological polar surface area (TPSA) is 50.1 Å². The zero-order valence-electron chi connectivity index (χ0n) is 10.5. The van der Waals surface area contributed by atoms with Crippen LogP contribution in [-0.2, 0) is 0 Å². The van der Waals surface area contributed by atoms with Crippen molar-refractivity contribution in [3.05, 3.63) is 11.9 Å². The first-order valence-electron chi connectivity index (χ1n) is 6.09. The van der Waals surface area contributed by atoms with E-state index in [-0.39, 0.29) is 0 Å². The Morgan fingerprint density at radius 2 is 2.07 bits per heavy atom. The van der Waals surface area contributed by atoms with Gasteiger partial charge in [-0.25, -0.2) is 0 Å². The van der Waals surface area contributed by atoms with Crippen LogP contribution in [0, 0.1) is 5.92 Å². The highest BCUT2D eigenvalue weighted by atomic mass is 15.2. The molecule has 3 nitrogen and oxygen atoms in total. The predicted octanol–water partition coefficient (Wildman–Crippen LogP) is 2.51. The van der Waals surface area contributed by atoms with E-state index in [0.29, 0.717) is 0 Å². The van der Waals surface area contributed by atoms with E-state index in [1.165, 1.54) is 25.7 Å². The third-order valence-corrected chi connectivity index (χ3v) is 2.36. The molecular formula is C12H27N3. The Hall–Kier alpha value is -0.700. The highest BCUT2D eigenvalue weighted by Crippen LogP contribution is 2.09. The molecule has 0 amide bonds. The van der Waals surface area contributed by atoms with Gasteiger partial charge in [0, 0.05) is 18.4 Å². The second-order valence-corrected chi connectivity index (χ2v) is 4.41. The van der Waals surface area contributed by atoms with Crippen LogP contribution in [0.15, 0.2) is 11.9 Å². The van der Waals surface area contributed by atoms with Crippen LogP contribution in [-0.4, -0.2) is 6.54 Å². The molecular weight excluding hydrogens is 186 g/mol. The molecule has 4 N–H and O–H groups in total. The van der Waals surface area contributed by atoms with E-state index in [1.54, 1.807) is 0 Å². The van der Waals surface area contributed by atoms with E-state index in [4.69, 9.17) is 5.84 Å². The van der Waals surface area contributed by atoms with Crippen molar-refractivity contribution in [2.45, 2.75) is 52.9 Å². The third kappa shape index (κ3) is 9.60. The van der Waals surface area contributed by atoms with Crippen molar-refractivity contribution < 1.29 is 0 Å². The minimum absolute atomic E-state index is 0.775. The molecule has 0 aliphatic rings. The average molecular weight is 213 g/mol. The summed E-state index contributed by atoms with van der Waals surface area (Å²) in [5, 5.41) is 3.27. The number of nitrogens with two attached hydrogens (primary N) is 1. The van der Waals surface area contributed by atoms with Crippen molar-refractivity contribution in [3.8, 4) is 0 Å². The Bertz CT molecular complexity index is 164. The third-order valence-electron chi connectivity index (χ3n) is 2.36. The molecule has 0 spiro atoms. The Morgan fingerprint density at radius 3 is 2.60 bits per heavy atom. The SMILES string of the molecule is CCCCN/C=C(/CCCC(C)C)NN. The van der Waals surface area contributed by atoms with Gasteiger partial charge in [0.2, 0.25) is 0 Å². The zero-order valence-corrected chi connectivity index (χ0v) is 10.5. The molecule has 0 heterocycles. The van der Waals surface area contributed by atoms with Gasteiger partial charge in [-0.3, -0.25) is 5.84 Å².